The molecule has 6 nitrogen and oxygen atoms in total. The number of hydrogen-bond acceptors (Lipinski definition) is 4. The predicted octanol–water partition coefficient (Wildman–Crippen LogP) is 7.59. The number of aryl methyl sites for hydroxylation is 1. The molecule has 0 bridgehead atoms. The Bertz CT molecular complexity index is 1730. The van der Waals surface area contributed by atoms with E-state index in [1.54, 1.807) is 13.1 Å². The number of phenolic OH excluding ortho intramolecular Hbond substituents is 1. The lowest BCUT2D eigenvalue weighted by Crippen LogP contribution is -2.26. The quantitative estimate of drug-likeness (QED) is 0.214. The van der Waals surface area contributed by atoms with Crippen LogP contribution in [0.5, 0.6) is 5.75 Å². The minimum Gasteiger partial charge on any atom is -0.507 e. The molecule has 0 saturated heterocycles. The van der Waals surface area contributed by atoms with E-state index in [1.807, 2.05) is 30.3 Å². The van der Waals surface area contributed by atoms with Crippen molar-refractivity contribution in [1.82, 2.24) is 9.88 Å². The monoisotopic (exact) mass is 613 g/mol. The number of carbonyl (C=O) groups excluding carboxylic acids is 1. The van der Waals surface area contributed by atoms with Crippen LogP contribution < -0.4 is 5.56 Å². The number of rotatable bonds is 8. The van der Waals surface area contributed by atoms with E-state index >= 15 is 0 Å². The summed E-state index contributed by atoms with van der Waals surface area (Å²) in [6, 6.07) is 18.1. The lowest BCUT2D eigenvalue weighted by Gasteiger charge is -2.20. The number of nitriles is 1. The largest absolute Gasteiger partial charge is 0.507 e. The van der Waals surface area contributed by atoms with Crippen LogP contribution >= 0.6 is 23.2 Å². The number of pyridine rings is 1. The van der Waals surface area contributed by atoms with Gasteiger partial charge in [-0.05, 0) is 54.8 Å². The molecule has 1 heterocycles. The van der Waals surface area contributed by atoms with Gasteiger partial charge in [-0.1, -0.05) is 53.5 Å². The van der Waals surface area contributed by atoms with E-state index in [2.05, 4.69) is 4.98 Å². The molecule has 0 unspecified atom stereocenters. The van der Waals surface area contributed by atoms with E-state index in [9.17, 15) is 33.1 Å². The summed E-state index contributed by atoms with van der Waals surface area (Å²) in [6.07, 6.45) is -3.05. The Morgan fingerprint density at radius 3 is 2.40 bits per heavy atom. The minimum atomic E-state index is -4.69. The number of aromatic hydroxyl groups is 1. The van der Waals surface area contributed by atoms with Gasteiger partial charge >= 0.3 is 6.18 Å². The Kier molecular flexibility index (Phi) is 9.30. The van der Waals surface area contributed by atoms with Crippen molar-refractivity contribution in [3.05, 3.63) is 109 Å². The Morgan fingerprint density at radius 2 is 1.74 bits per heavy atom. The second-order valence-corrected chi connectivity index (χ2v) is 10.5. The predicted molar refractivity (Wildman–Crippen MR) is 155 cm³/mol. The fourth-order valence-electron chi connectivity index (χ4n) is 4.54. The van der Waals surface area contributed by atoms with Crippen LogP contribution in [-0.2, 0) is 23.9 Å². The maximum atomic E-state index is 13.4. The third kappa shape index (κ3) is 6.96. The van der Waals surface area contributed by atoms with Crippen molar-refractivity contribution in [2.24, 2.45) is 0 Å². The summed E-state index contributed by atoms with van der Waals surface area (Å²) < 4.78 is 40.3. The van der Waals surface area contributed by atoms with E-state index < -0.39 is 22.9 Å². The molecule has 0 spiro atoms. The molecule has 1 amide bonds. The molecule has 0 radical (unpaired) electrons. The first-order valence-corrected chi connectivity index (χ1v) is 13.5. The van der Waals surface area contributed by atoms with Crippen molar-refractivity contribution in [2.75, 3.05) is 7.05 Å². The minimum absolute atomic E-state index is 0.00358. The molecule has 3 aromatic carbocycles. The number of aromatic amines is 1. The summed E-state index contributed by atoms with van der Waals surface area (Å²) in [4.78, 5) is 29.6. The Hall–Kier alpha value is -4.26. The van der Waals surface area contributed by atoms with Crippen molar-refractivity contribution < 1.29 is 23.1 Å². The van der Waals surface area contributed by atoms with Gasteiger partial charge in [0.2, 0.25) is 5.91 Å². The normalized spacial score (nSPS) is 11.3. The van der Waals surface area contributed by atoms with Gasteiger partial charge in [-0.2, -0.15) is 18.4 Å². The number of amides is 1. The molecule has 0 saturated carbocycles. The van der Waals surface area contributed by atoms with Gasteiger partial charge < -0.3 is 15.0 Å². The van der Waals surface area contributed by atoms with Crippen LogP contribution in [0.15, 0.2) is 71.5 Å². The first-order chi connectivity index (χ1) is 19.9. The molecule has 0 fully saturated rings. The first kappa shape index (κ1) is 30.7. The molecule has 0 aliphatic rings. The highest BCUT2D eigenvalue weighted by atomic mass is 35.5. The summed E-state index contributed by atoms with van der Waals surface area (Å²) in [6.45, 7) is -0.00358. The van der Waals surface area contributed by atoms with Crippen molar-refractivity contribution in [3.63, 3.8) is 0 Å². The van der Waals surface area contributed by atoms with Crippen LogP contribution in [-0.4, -0.2) is 27.9 Å². The zero-order valence-electron chi connectivity index (χ0n) is 22.2. The molecule has 11 heteroatoms. The number of carbonyl (C=O) groups is 1. The molecule has 4 aromatic rings. The van der Waals surface area contributed by atoms with E-state index in [-0.39, 0.29) is 62.6 Å². The molecule has 0 aliphatic heterocycles. The highest BCUT2D eigenvalue weighted by Crippen LogP contribution is 2.40. The first-order valence-electron chi connectivity index (χ1n) is 12.7. The van der Waals surface area contributed by atoms with E-state index in [0.29, 0.717) is 6.42 Å². The average molecular weight is 614 g/mol. The maximum absolute atomic E-state index is 13.4. The number of halogens is 5. The second kappa shape index (κ2) is 12.7. The topological polar surface area (TPSA) is 97.2 Å². The highest BCUT2D eigenvalue weighted by Gasteiger charge is 2.31. The number of benzene rings is 3. The highest BCUT2D eigenvalue weighted by molar-refractivity contribution is 6.33. The summed E-state index contributed by atoms with van der Waals surface area (Å²) in [7, 11) is 1.59. The Labute approximate surface area is 249 Å². The van der Waals surface area contributed by atoms with Crippen LogP contribution in [0.4, 0.5) is 13.2 Å². The molecule has 1 aromatic heterocycles. The zero-order chi connectivity index (χ0) is 30.6. The molecule has 4 rings (SSSR count). The maximum Gasteiger partial charge on any atom is 0.416 e. The summed E-state index contributed by atoms with van der Waals surface area (Å²) in [5, 5.41) is 20.8. The van der Waals surface area contributed by atoms with Crippen molar-refractivity contribution in [2.45, 2.75) is 32.0 Å². The van der Waals surface area contributed by atoms with Crippen LogP contribution in [0.25, 0.3) is 22.4 Å². The van der Waals surface area contributed by atoms with Gasteiger partial charge in [-0.25, -0.2) is 0 Å². The lowest BCUT2D eigenvalue weighted by atomic mass is 9.96. The smallest absolute Gasteiger partial charge is 0.416 e. The summed E-state index contributed by atoms with van der Waals surface area (Å²) in [5.74, 6) is -0.454. The van der Waals surface area contributed by atoms with Gasteiger partial charge in [0.1, 0.15) is 17.4 Å². The average Bonchev–Trinajstić information content (AvgIpc) is 2.94. The third-order valence-electron chi connectivity index (χ3n) is 6.70. The fraction of sp³-hybridized carbons (Fsp3) is 0.194. The number of nitrogens with one attached hydrogen (secondary N) is 1. The molecular formula is C31H24Cl2F3N3O3. The number of alkyl halides is 3. The number of aromatic nitrogens is 1. The van der Waals surface area contributed by atoms with E-state index in [0.717, 1.165) is 30.2 Å². The summed E-state index contributed by atoms with van der Waals surface area (Å²) in [5.41, 5.74) is -1.27. The third-order valence-corrected chi connectivity index (χ3v) is 7.25. The molecule has 2 N–H and O–H groups in total. The Balaban J connectivity index is 1.67. The van der Waals surface area contributed by atoms with Crippen molar-refractivity contribution >= 4 is 29.1 Å². The second-order valence-electron chi connectivity index (χ2n) is 9.66. The number of hydrogen-bond donors (Lipinski definition) is 2. The van der Waals surface area contributed by atoms with Gasteiger partial charge in [-0.15, -0.1) is 0 Å². The fourth-order valence-corrected chi connectivity index (χ4v) is 5.00. The van der Waals surface area contributed by atoms with Gasteiger partial charge in [0, 0.05) is 52.3 Å². The number of nitrogens with zero attached hydrogens (tertiary/aromatic N) is 2. The van der Waals surface area contributed by atoms with E-state index in [4.69, 9.17) is 23.2 Å². The van der Waals surface area contributed by atoms with Gasteiger partial charge in [0.15, 0.2) is 0 Å². The van der Waals surface area contributed by atoms with Crippen LogP contribution in [0.1, 0.15) is 35.1 Å². The van der Waals surface area contributed by atoms with Crippen LogP contribution in [0, 0.1) is 11.3 Å². The molecule has 0 aliphatic carbocycles. The van der Waals surface area contributed by atoms with Gasteiger partial charge in [-0.3, -0.25) is 9.59 Å². The molecule has 216 valence electrons. The van der Waals surface area contributed by atoms with E-state index in [1.165, 1.54) is 23.1 Å². The standard InChI is InChI=1S/C31H24Cl2F3N3O3/c1-39(28(40)9-5-8-18-6-3-2-4-7-18)17-19-12-21(32)14-24(29(19)41)27-15-22(25(16-37)30(42)38-27)23-13-20(31(34,35)36)10-11-26(23)33/h2-4,6-7,10-15,41H,5,8-9,17H2,1H3,(H,38,42). The molecule has 42 heavy (non-hydrogen) atoms. The van der Waals surface area contributed by atoms with Crippen LogP contribution in [0.3, 0.4) is 0 Å². The molecular weight excluding hydrogens is 590 g/mol. The van der Waals surface area contributed by atoms with Gasteiger partial charge in [0.25, 0.3) is 5.56 Å². The number of phenols is 1. The molecule has 0 atom stereocenters. The van der Waals surface area contributed by atoms with Crippen molar-refractivity contribution in [3.8, 4) is 34.2 Å². The summed E-state index contributed by atoms with van der Waals surface area (Å²) >= 11 is 12.5. The number of H-pyrrole nitrogens is 1. The van der Waals surface area contributed by atoms with Crippen molar-refractivity contribution in [1.29, 1.82) is 5.26 Å². The zero-order valence-corrected chi connectivity index (χ0v) is 23.7. The Morgan fingerprint density at radius 1 is 1.02 bits per heavy atom. The SMILES string of the molecule is CN(Cc1cc(Cl)cc(-c2cc(-c3cc(C(F)(F)F)ccc3Cl)c(C#N)c(=O)[nH]2)c1O)C(=O)CCCc1ccccc1. The lowest BCUT2D eigenvalue weighted by molar-refractivity contribution is -0.137. The van der Waals surface area contributed by atoms with Gasteiger partial charge in [0.05, 0.1) is 11.3 Å². The van der Waals surface area contributed by atoms with Crippen LogP contribution in [0.2, 0.25) is 10.0 Å².